The number of pyridine rings is 1. The third-order valence-corrected chi connectivity index (χ3v) is 4.93. The number of ether oxygens (including phenoxy) is 1. The predicted molar refractivity (Wildman–Crippen MR) is 101 cm³/mol. The van der Waals surface area contributed by atoms with E-state index in [-0.39, 0.29) is 24.4 Å². The van der Waals surface area contributed by atoms with Crippen LogP contribution < -0.4 is 9.62 Å². The van der Waals surface area contributed by atoms with Gasteiger partial charge in [0.25, 0.3) is 0 Å². The topological polar surface area (TPSA) is 106 Å². The van der Waals surface area contributed by atoms with E-state index in [4.69, 9.17) is 0 Å². The van der Waals surface area contributed by atoms with Crippen molar-refractivity contribution in [2.24, 2.45) is 0 Å². The largest absolute Gasteiger partial charge is 0.465 e. The van der Waals surface area contributed by atoms with Crippen molar-refractivity contribution in [2.45, 2.75) is 13.0 Å². The number of benzene rings is 1. The number of carbonyl (C=O) groups is 2. The molecule has 0 spiro atoms. The molecule has 1 heterocycles. The van der Waals surface area contributed by atoms with Crippen LogP contribution in [0.2, 0.25) is 0 Å². The van der Waals surface area contributed by atoms with Crippen LogP contribution in [0.1, 0.15) is 22.3 Å². The molecule has 0 unspecified atom stereocenters. The monoisotopic (exact) mass is 391 g/mol. The summed E-state index contributed by atoms with van der Waals surface area (Å²) in [5.74, 6) is -0.857. The summed E-state index contributed by atoms with van der Waals surface area (Å²) in [7, 11) is -2.39. The number of carbonyl (C=O) groups excluding carboxylic acids is 2. The van der Waals surface area contributed by atoms with Gasteiger partial charge in [0.05, 0.1) is 24.6 Å². The Balaban J connectivity index is 2.05. The third-order valence-electron chi connectivity index (χ3n) is 3.74. The quantitative estimate of drug-likeness (QED) is 0.681. The summed E-state index contributed by atoms with van der Waals surface area (Å²) in [5.41, 5.74) is 1.41. The molecule has 9 heteroatoms. The standard InChI is InChI=1S/C18H21N3O5S/c1-26-18(23)15-4-3-5-16(12-15)21(27(2,24)25)11-8-17(22)20-13-14-6-9-19-10-7-14/h3-7,9-10,12H,8,11,13H2,1-2H3,(H,20,22). The molecule has 0 atom stereocenters. The van der Waals surface area contributed by atoms with E-state index in [0.717, 1.165) is 16.1 Å². The molecular formula is C18H21N3O5S. The molecular weight excluding hydrogens is 370 g/mol. The van der Waals surface area contributed by atoms with E-state index in [1.807, 2.05) is 0 Å². The zero-order valence-electron chi connectivity index (χ0n) is 15.1. The van der Waals surface area contributed by atoms with E-state index in [1.54, 1.807) is 36.7 Å². The number of anilines is 1. The molecule has 0 bridgehead atoms. The van der Waals surface area contributed by atoms with E-state index < -0.39 is 16.0 Å². The maximum atomic E-state index is 12.1. The minimum atomic E-state index is -3.64. The maximum absolute atomic E-state index is 12.1. The number of nitrogens with one attached hydrogen (secondary N) is 1. The highest BCUT2D eigenvalue weighted by Gasteiger charge is 2.20. The number of aromatic nitrogens is 1. The van der Waals surface area contributed by atoms with Gasteiger partial charge in [0.15, 0.2) is 0 Å². The van der Waals surface area contributed by atoms with Crippen molar-refractivity contribution < 1.29 is 22.7 Å². The van der Waals surface area contributed by atoms with Gasteiger partial charge in [-0.3, -0.25) is 14.1 Å². The van der Waals surface area contributed by atoms with Crippen molar-refractivity contribution in [2.75, 3.05) is 24.2 Å². The lowest BCUT2D eigenvalue weighted by molar-refractivity contribution is -0.121. The van der Waals surface area contributed by atoms with Gasteiger partial charge in [0, 0.05) is 31.9 Å². The van der Waals surface area contributed by atoms with Crippen LogP contribution in [0.25, 0.3) is 0 Å². The molecule has 2 aromatic rings. The summed E-state index contributed by atoms with van der Waals surface area (Å²) in [6, 6.07) is 9.62. The van der Waals surface area contributed by atoms with Gasteiger partial charge in [-0.2, -0.15) is 0 Å². The lowest BCUT2D eigenvalue weighted by atomic mass is 10.2. The van der Waals surface area contributed by atoms with Gasteiger partial charge in [-0.1, -0.05) is 6.07 Å². The van der Waals surface area contributed by atoms with Gasteiger partial charge in [-0.05, 0) is 35.9 Å². The second kappa shape index (κ2) is 9.13. The molecule has 1 amide bonds. The van der Waals surface area contributed by atoms with Crippen LogP contribution in [-0.4, -0.2) is 45.2 Å². The maximum Gasteiger partial charge on any atom is 0.337 e. The van der Waals surface area contributed by atoms with E-state index in [1.165, 1.54) is 19.2 Å². The number of rotatable bonds is 8. The predicted octanol–water partition coefficient (Wildman–Crippen LogP) is 1.34. The van der Waals surface area contributed by atoms with Crippen molar-refractivity contribution in [3.8, 4) is 0 Å². The molecule has 0 aliphatic heterocycles. The summed E-state index contributed by atoms with van der Waals surface area (Å²) in [4.78, 5) is 27.6. The van der Waals surface area contributed by atoms with Gasteiger partial charge in [-0.15, -0.1) is 0 Å². The lowest BCUT2D eigenvalue weighted by Crippen LogP contribution is -2.34. The average molecular weight is 391 g/mol. The molecule has 8 nitrogen and oxygen atoms in total. The van der Waals surface area contributed by atoms with Gasteiger partial charge in [-0.25, -0.2) is 13.2 Å². The number of amides is 1. The third kappa shape index (κ3) is 6.07. The smallest absolute Gasteiger partial charge is 0.337 e. The van der Waals surface area contributed by atoms with Crippen LogP contribution in [0, 0.1) is 0 Å². The Kier molecular flexibility index (Phi) is 6.89. The van der Waals surface area contributed by atoms with E-state index in [9.17, 15) is 18.0 Å². The van der Waals surface area contributed by atoms with Crippen molar-refractivity contribution in [1.29, 1.82) is 0 Å². The average Bonchev–Trinajstić information content (AvgIpc) is 2.66. The number of nitrogens with zero attached hydrogens (tertiary/aromatic N) is 2. The van der Waals surface area contributed by atoms with Crippen molar-refractivity contribution in [3.63, 3.8) is 0 Å². The first-order valence-corrected chi connectivity index (χ1v) is 9.98. The molecule has 27 heavy (non-hydrogen) atoms. The molecule has 2 rings (SSSR count). The Morgan fingerprint density at radius 2 is 1.89 bits per heavy atom. The van der Waals surface area contributed by atoms with Crippen molar-refractivity contribution in [3.05, 3.63) is 59.9 Å². The summed E-state index contributed by atoms with van der Waals surface area (Å²) < 4.78 is 30.0. The fourth-order valence-electron chi connectivity index (χ4n) is 2.39. The van der Waals surface area contributed by atoms with Gasteiger partial charge in [0.1, 0.15) is 0 Å². The van der Waals surface area contributed by atoms with Gasteiger partial charge < -0.3 is 10.1 Å². The SMILES string of the molecule is COC(=O)c1cccc(N(CCC(=O)NCc2ccncc2)S(C)(=O)=O)c1. The first-order valence-electron chi connectivity index (χ1n) is 8.13. The molecule has 0 aliphatic carbocycles. The number of hydrogen-bond donors (Lipinski definition) is 1. The van der Waals surface area contributed by atoms with Gasteiger partial charge in [0.2, 0.25) is 15.9 Å². The normalized spacial score (nSPS) is 10.9. The number of methoxy groups -OCH3 is 1. The lowest BCUT2D eigenvalue weighted by Gasteiger charge is -2.22. The first kappa shape index (κ1) is 20.4. The highest BCUT2D eigenvalue weighted by molar-refractivity contribution is 7.92. The Hall–Kier alpha value is -2.94. The molecule has 144 valence electrons. The van der Waals surface area contributed by atoms with Crippen LogP contribution in [-0.2, 0) is 26.1 Å². The number of hydrogen-bond acceptors (Lipinski definition) is 6. The molecule has 0 radical (unpaired) electrons. The Bertz CT molecular complexity index is 900. The Morgan fingerprint density at radius 1 is 1.19 bits per heavy atom. The van der Waals surface area contributed by atoms with E-state index in [2.05, 4.69) is 15.0 Å². The molecule has 0 saturated carbocycles. The number of sulfonamides is 1. The zero-order valence-corrected chi connectivity index (χ0v) is 15.9. The summed E-state index contributed by atoms with van der Waals surface area (Å²) in [6.45, 7) is 0.281. The van der Waals surface area contributed by atoms with Crippen molar-refractivity contribution >= 4 is 27.6 Å². The number of esters is 1. The van der Waals surface area contributed by atoms with E-state index in [0.29, 0.717) is 12.2 Å². The minimum Gasteiger partial charge on any atom is -0.465 e. The van der Waals surface area contributed by atoms with Crippen LogP contribution in [0.5, 0.6) is 0 Å². The summed E-state index contributed by atoms with van der Waals surface area (Å²) in [5, 5.41) is 2.73. The Labute approximate surface area is 158 Å². The highest BCUT2D eigenvalue weighted by Crippen LogP contribution is 2.20. The molecule has 0 fully saturated rings. The second-order valence-corrected chi connectivity index (χ2v) is 7.67. The fourth-order valence-corrected chi connectivity index (χ4v) is 3.30. The summed E-state index contributed by atoms with van der Waals surface area (Å²) in [6.07, 6.45) is 4.27. The molecule has 0 aliphatic rings. The molecule has 0 saturated heterocycles. The molecule has 1 N–H and O–H groups in total. The van der Waals surface area contributed by atoms with Crippen LogP contribution in [0.15, 0.2) is 48.8 Å². The fraction of sp³-hybridized carbons (Fsp3) is 0.278. The Morgan fingerprint density at radius 3 is 2.52 bits per heavy atom. The molecule has 1 aromatic heterocycles. The van der Waals surface area contributed by atoms with Crippen LogP contribution in [0.4, 0.5) is 5.69 Å². The zero-order chi connectivity index (χ0) is 19.9. The van der Waals surface area contributed by atoms with Crippen LogP contribution in [0.3, 0.4) is 0 Å². The van der Waals surface area contributed by atoms with Gasteiger partial charge >= 0.3 is 5.97 Å². The van der Waals surface area contributed by atoms with E-state index >= 15 is 0 Å². The van der Waals surface area contributed by atoms with Crippen molar-refractivity contribution in [1.82, 2.24) is 10.3 Å². The second-order valence-electron chi connectivity index (χ2n) is 5.76. The summed E-state index contributed by atoms with van der Waals surface area (Å²) >= 11 is 0. The molecule has 1 aromatic carbocycles. The first-order chi connectivity index (χ1) is 12.8. The highest BCUT2D eigenvalue weighted by atomic mass is 32.2. The minimum absolute atomic E-state index is 0.0272. The van der Waals surface area contributed by atoms with Crippen LogP contribution >= 0.6 is 0 Å².